The van der Waals surface area contributed by atoms with Gasteiger partial charge >= 0.3 is 0 Å². The quantitative estimate of drug-likeness (QED) is 0.297. The Morgan fingerprint density at radius 3 is 2.84 bits per heavy atom. The Morgan fingerprint density at radius 1 is 1.63 bits per heavy atom. The van der Waals surface area contributed by atoms with Gasteiger partial charge in [0.15, 0.2) is 5.84 Å². The summed E-state index contributed by atoms with van der Waals surface area (Å²) in [7, 11) is 2.10. The third-order valence-corrected chi connectivity index (χ3v) is 3.92. The van der Waals surface area contributed by atoms with Gasteiger partial charge in [0, 0.05) is 18.6 Å². The molecule has 0 spiro atoms. The fourth-order valence-electron chi connectivity index (χ4n) is 2.49. The number of piperidine rings is 1. The molecule has 3 atom stereocenters. The lowest BCUT2D eigenvalue weighted by molar-refractivity contribution is -0.124. The maximum absolute atomic E-state index is 12.2. The third kappa shape index (κ3) is 4.38. The summed E-state index contributed by atoms with van der Waals surface area (Å²) in [6.45, 7) is 5.11. The number of amides is 1. The Morgan fingerprint density at radius 2 is 2.32 bits per heavy atom. The molecule has 19 heavy (non-hydrogen) atoms. The van der Waals surface area contributed by atoms with Crippen LogP contribution in [0.25, 0.3) is 0 Å². The highest BCUT2D eigenvalue weighted by Crippen LogP contribution is 2.16. The molecule has 4 N–H and O–H groups in total. The van der Waals surface area contributed by atoms with Gasteiger partial charge in [0.2, 0.25) is 5.91 Å². The van der Waals surface area contributed by atoms with E-state index in [1.54, 1.807) is 0 Å². The molecular weight excluding hydrogens is 244 g/mol. The van der Waals surface area contributed by atoms with E-state index < -0.39 is 5.92 Å². The highest BCUT2D eigenvalue weighted by Gasteiger charge is 2.28. The molecule has 0 aromatic rings. The molecule has 3 unspecified atom stereocenters. The summed E-state index contributed by atoms with van der Waals surface area (Å²) in [5.74, 6) is -0.649. The van der Waals surface area contributed by atoms with E-state index in [0.29, 0.717) is 12.5 Å². The smallest absolute Gasteiger partial charge is 0.231 e. The molecule has 1 aliphatic rings. The van der Waals surface area contributed by atoms with Crippen LogP contribution in [0.5, 0.6) is 0 Å². The second-order valence-electron chi connectivity index (χ2n) is 5.43. The Hall–Kier alpha value is -1.30. The first-order valence-electron chi connectivity index (χ1n) is 6.97. The van der Waals surface area contributed by atoms with Crippen LogP contribution in [0.1, 0.15) is 39.5 Å². The Bertz CT molecular complexity index is 333. The van der Waals surface area contributed by atoms with Crippen molar-refractivity contribution in [3.63, 3.8) is 0 Å². The maximum atomic E-state index is 12.2. The fraction of sp³-hybridized carbons (Fsp3) is 0.846. The molecule has 1 saturated heterocycles. The molecule has 0 aromatic heterocycles. The average Bonchev–Trinajstić information content (AvgIpc) is 2.39. The fourth-order valence-corrected chi connectivity index (χ4v) is 2.49. The predicted molar refractivity (Wildman–Crippen MR) is 75.1 cm³/mol. The van der Waals surface area contributed by atoms with Gasteiger partial charge in [-0.25, -0.2) is 0 Å². The highest BCUT2D eigenvalue weighted by atomic mass is 16.4. The van der Waals surface area contributed by atoms with Crippen LogP contribution < -0.4 is 11.1 Å². The average molecular weight is 270 g/mol. The summed E-state index contributed by atoms with van der Waals surface area (Å²) < 4.78 is 0. The number of nitrogens with two attached hydrogens (primary N) is 1. The van der Waals surface area contributed by atoms with Crippen LogP contribution in [0.2, 0.25) is 0 Å². The van der Waals surface area contributed by atoms with Crippen LogP contribution >= 0.6 is 0 Å². The lowest BCUT2D eigenvalue weighted by Gasteiger charge is -2.35. The number of nitrogens with zero attached hydrogens (tertiary/aromatic N) is 2. The molecule has 0 radical (unpaired) electrons. The summed E-state index contributed by atoms with van der Waals surface area (Å²) in [5.41, 5.74) is 5.59. The summed E-state index contributed by atoms with van der Waals surface area (Å²) >= 11 is 0. The first-order chi connectivity index (χ1) is 8.99. The van der Waals surface area contributed by atoms with E-state index in [-0.39, 0.29) is 17.8 Å². The molecule has 1 aliphatic heterocycles. The van der Waals surface area contributed by atoms with Crippen molar-refractivity contribution in [3.05, 3.63) is 0 Å². The van der Waals surface area contributed by atoms with Crippen molar-refractivity contribution >= 4 is 11.7 Å². The van der Waals surface area contributed by atoms with Crippen molar-refractivity contribution in [1.29, 1.82) is 0 Å². The maximum Gasteiger partial charge on any atom is 0.231 e. The van der Waals surface area contributed by atoms with Crippen molar-refractivity contribution in [3.8, 4) is 0 Å². The minimum absolute atomic E-state index is 0.000302. The number of carbonyl (C=O) groups is 1. The summed E-state index contributed by atoms with van der Waals surface area (Å²) in [6, 6.07) is 0.650. The van der Waals surface area contributed by atoms with Gasteiger partial charge in [0.25, 0.3) is 0 Å². The molecule has 6 nitrogen and oxygen atoms in total. The first kappa shape index (κ1) is 15.8. The molecule has 6 heteroatoms. The second-order valence-corrected chi connectivity index (χ2v) is 5.43. The number of amidine groups is 1. The van der Waals surface area contributed by atoms with E-state index in [0.717, 1.165) is 25.8 Å². The van der Waals surface area contributed by atoms with Crippen molar-refractivity contribution in [2.45, 2.75) is 51.6 Å². The van der Waals surface area contributed by atoms with Gasteiger partial charge in [-0.2, -0.15) is 0 Å². The second kappa shape index (κ2) is 7.33. The van der Waals surface area contributed by atoms with Crippen molar-refractivity contribution in [2.24, 2.45) is 16.8 Å². The van der Waals surface area contributed by atoms with Crippen LogP contribution in [0, 0.1) is 5.92 Å². The van der Waals surface area contributed by atoms with E-state index in [9.17, 15) is 4.79 Å². The monoisotopic (exact) mass is 270 g/mol. The van der Waals surface area contributed by atoms with Gasteiger partial charge in [-0.15, -0.1) is 0 Å². The number of hydrogen-bond acceptors (Lipinski definition) is 4. The molecule has 0 bridgehead atoms. The number of hydrogen-bond donors (Lipinski definition) is 3. The Balaban J connectivity index is 2.57. The molecule has 1 rings (SSSR count). The van der Waals surface area contributed by atoms with E-state index in [4.69, 9.17) is 10.9 Å². The predicted octanol–water partition coefficient (Wildman–Crippen LogP) is 0.748. The van der Waals surface area contributed by atoms with E-state index in [1.165, 1.54) is 0 Å². The zero-order valence-electron chi connectivity index (χ0n) is 12.1. The SMILES string of the molecule is CCCC(C(=O)NC1CCN(C)C(C)C1)C(N)=NO. The number of rotatable bonds is 5. The zero-order chi connectivity index (χ0) is 14.4. The summed E-state index contributed by atoms with van der Waals surface area (Å²) in [4.78, 5) is 14.5. The Labute approximate surface area is 115 Å². The number of carbonyl (C=O) groups excluding carboxylic acids is 1. The molecule has 0 aromatic carbocycles. The lowest BCUT2D eigenvalue weighted by Crippen LogP contribution is -2.50. The minimum Gasteiger partial charge on any atom is -0.409 e. The third-order valence-electron chi connectivity index (χ3n) is 3.92. The molecule has 110 valence electrons. The van der Waals surface area contributed by atoms with E-state index in [2.05, 4.69) is 29.3 Å². The summed E-state index contributed by atoms with van der Waals surface area (Å²) in [6.07, 6.45) is 3.31. The van der Waals surface area contributed by atoms with Crippen molar-refractivity contribution in [2.75, 3.05) is 13.6 Å². The molecule has 0 saturated carbocycles. The number of nitrogens with one attached hydrogen (secondary N) is 1. The van der Waals surface area contributed by atoms with Gasteiger partial charge in [0.05, 0.1) is 5.92 Å². The molecule has 1 amide bonds. The lowest BCUT2D eigenvalue weighted by atomic mass is 9.96. The first-order valence-corrected chi connectivity index (χ1v) is 6.97. The topological polar surface area (TPSA) is 91.0 Å². The van der Waals surface area contributed by atoms with Crippen LogP contribution in [-0.2, 0) is 4.79 Å². The van der Waals surface area contributed by atoms with Gasteiger partial charge < -0.3 is 21.2 Å². The normalized spacial score (nSPS) is 27.0. The van der Waals surface area contributed by atoms with Gasteiger partial charge in [-0.1, -0.05) is 18.5 Å². The summed E-state index contributed by atoms with van der Waals surface area (Å²) in [5, 5.41) is 14.7. The molecule has 0 aliphatic carbocycles. The molecule has 1 fully saturated rings. The van der Waals surface area contributed by atoms with Gasteiger partial charge in [-0.05, 0) is 33.2 Å². The van der Waals surface area contributed by atoms with Crippen molar-refractivity contribution < 1.29 is 10.0 Å². The number of oxime groups is 1. The van der Waals surface area contributed by atoms with Crippen LogP contribution in [0.15, 0.2) is 5.16 Å². The molecular formula is C13H26N4O2. The van der Waals surface area contributed by atoms with Crippen LogP contribution in [0.3, 0.4) is 0 Å². The standard InChI is InChI=1S/C13H26N4O2/c1-4-5-11(12(14)16-19)13(18)15-10-6-7-17(3)9(2)8-10/h9-11,19H,4-8H2,1-3H3,(H2,14,16)(H,15,18). The zero-order valence-corrected chi connectivity index (χ0v) is 12.1. The Kier molecular flexibility index (Phi) is 6.08. The number of likely N-dealkylation sites (tertiary alicyclic amines) is 1. The van der Waals surface area contributed by atoms with Crippen LogP contribution in [-0.4, -0.2) is 47.5 Å². The minimum atomic E-state index is -0.523. The largest absolute Gasteiger partial charge is 0.409 e. The van der Waals surface area contributed by atoms with Gasteiger partial charge in [-0.3, -0.25) is 4.79 Å². The van der Waals surface area contributed by atoms with Gasteiger partial charge in [0.1, 0.15) is 0 Å². The van der Waals surface area contributed by atoms with Crippen LogP contribution in [0.4, 0.5) is 0 Å². The highest BCUT2D eigenvalue weighted by molar-refractivity contribution is 6.02. The van der Waals surface area contributed by atoms with E-state index in [1.807, 2.05) is 6.92 Å². The van der Waals surface area contributed by atoms with Crippen molar-refractivity contribution in [1.82, 2.24) is 10.2 Å². The van der Waals surface area contributed by atoms with E-state index >= 15 is 0 Å². The molecule has 1 heterocycles.